The molecule has 2 rings (SSSR count). The van der Waals surface area contributed by atoms with Gasteiger partial charge in [-0.1, -0.05) is 19.1 Å². The molecule has 0 aliphatic rings. The van der Waals surface area contributed by atoms with Crippen LogP contribution in [0, 0.1) is 17.5 Å². The summed E-state index contributed by atoms with van der Waals surface area (Å²) in [5.74, 6) is -2.07. The zero-order valence-corrected chi connectivity index (χ0v) is 10.3. The number of halogens is 3. The fourth-order valence-electron chi connectivity index (χ4n) is 2.11. The summed E-state index contributed by atoms with van der Waals surface area (Å²) in [6.07, 6.45) is 0.166. The number of hydrogen-bond acceptors (Lipinski definition) is 1. The smallest absolute Gasteiger partial charge is 0.126 e. The van der Waals surface area contributed by atoms with Crippen LogP contribution in [-0.2, 0) is 5.60 Å². The van der Waals surface area contributed by atoms with E-state index < -0.39 is 23.1 Å². The predicted octanol–water partition coefficient (Wildman–Crippen LogP) is 3.75. The molecule has 1 unspecified atom stereocenters. The summed E-state index contributed by atoms with van der Waals surface area (Å²) < 4.78 is 39.8. The molecular weight excluding hydrogens is 253 g/mol. The van der Waals surface area contributed by atoms with E-state index in [1.54, 1.807) is 6.92 Å². The lowest BCUT2D eigenvalue weighted by molar-refractivity contribution is 0.0755. The van der Waals surface area contributed by atoms with E-state index in [4.69, 9.17) is 0 Å². The summed E-state index contributed by atoms with van der Waals surface area (Å²) in [6.45, 7) is 1.66. The Balaban J connectivity index is 2.59. The molecule has 2 aromatic rings. The van der Waals surface area contributed by atoms with E-state index in [0.29, 0.717) is 0 Å². The molecule has 1 atom stereocenters. The average molecular weight is 266 g/mol. The van der Waals surface area contributed by atoms with Crippen LogP contribution >= 0.6 is 0 Å². The van der Waals surface area contributed by atoms with Crippen molar-refractivity contribution in [2.45, 2.75) is 18.9 Å². The van der Waals surface area contributed by atoms with Gasteiger partial charge < -0.3 is 5.11 Å². The van der Waals surface area contributed by atoms with Gasteiger partial charge in [-0.2, -0.15) is 0 Å². The highest BCUT2D eigenvalue weighted by Gasteiger charge is 2.30. The Morgan fingerprint density at radius 2 is 1.47 bits per heavy atom. The van der Waals surface area contributed by atoms with Crippen LogP contribution in [0.15, 0.2) is 42.5 Å². The van der Waals surface area contributed by atoms with Crippen LogP contribution in [0.25, 0.3) is 0 Å². The Kier molecular flexibility index (Phi) is 3.62. The maximum absolute atomic E-state index is 13.3. The molecule has 0 heterocycles. The molecule has 0 saturated heterocycles. The van der Waals surface area contributed by atoms with Crippen LogP contribution in [0.5, 0.6) is 0 Å². The molecule has 2 aromatic carbocycles. The molecule has 0 spiro atoms. The van der Waals surface area contributed by atoms with Gasteiger partial charge >= 0.3 is 0 Å². The van der Waals surface area contributed by atoms with E-state index in [-0.39, 0.29) is 17.5 Å². The lowest BCUT2D eigenvalue weighted by Crippen LogP contribution is -2.26. The van der Waals surface area contributed by atoms with Crippen molar-refractivity contribution in [1.29, 1.82) is 0 Å². The number of benzene rings is 2. The fraction of sp³-hybridized carbons (Fsp3) is 0.200. The summed E-state index contributed by atoms with van der Waals surface area (Å²) in [5.41, 5.74) is -1.29. The topological polar surface area (TPSA) is 20.2 Å². The van der Waals surface area contributed by atoms with Crippen molar-refractivity contribution in [3.8, 4) is 0 Å². The second-order valence-electron chi connectivity index (χ2n) is 4.38. The maximum atomic E-state index is 13.3. The van der Waals surface area contributed by atoms with Crippen molar-refractivity contribution in [2.75, 3.05) is 0 Å². The Labute approximate surface area is 109 Å². The molecule has 0 bridgehead atoms. The molecule has 0 fully saturated rings. The van der Waals surface area contributed by atoms with Gasteiger partial charge in [0.1, 0.15) is 23.1 Å². The SMILES string of the molecule is CCC(O)(c1cccc(F)c1)c1cc(F)cc(F)c1. The molecule has 1 N–H and O–H groups in total. The summed E-state index contributed by atoms with van der Waals surface area (Å²) in [7, 11) is 0. The number of aliphatic hydroxyl groups is 1. The van der Waals surface area contributed by atoms with Crippen LogP contribution in [-0.4, -0.2) is 5.11 Å². The minimum Gasteiger partial charge on any atom is -0.380 e. The molecule has 4 heteroatoms. The highest BCUT2D eigenvalue weighted by Crippen LogP contribution is 2.33. The van der Waals surface area contributed by atoms with Gasteiger partial charge in [0.15, 0.2) is 0 Å². The first-order chi connectivity index (χ1) is 8.95. The second-order valence-corrected chi connectivity index (χ2v) is 4.38. The first kappa shape index (κ1) is 13.6. The van der Waals surface area contributed by atoms with Crippen molar-refractivity contribution in [3.63, 3.8) is 0 Å². The Morgan fingerprint density at radius 1 is 0.895 bits per heavy atom. The molecule has 0 aliphatic heterocycles. The summed E-state index contributed by atoms with van der Waals surface area (Å²) in [6, 6.07) is 8.20. The van der Waals surface area contributed by atoms with Crippen molar-refractivity contribution < 1.29 is 18.3 Å². The van der Waals surface area contributed by atoms with Gasteiger partial charge in [0.05, 0.1) is 0 Å². The van der Waals surface area contributed by atoms with Gasteiger partial charge in [0, 0.05) is 6.07 Å². The molecule has 0 amide bonds. The molecular formula is C15H13F3O. The lowest BCUT2D eigenvalue weighted by Gasteiger charge is -2.28. The zero-order valence-electron chi connectivity index (χ0n) is 10.3. The number of rotatable bonds is 3. The van der Waals surface area contributed by atoms with Crippen LogP contribution < -0.4 is 0 Å². The highest BCUT2D eigenvalue weighted by atomic mass is 19.1. The first-order valence-corrected chi connectivity index (χ1v) is 5.90. The van der Waals surface area contributed by atoms with Gasteiger partial charge in [-0.15, -0.1) is 0 Å². The molecule has 0 saturated carbocycles. The van der Waals surface area contributed by atoms with Crippen LogP contribution in [0.3, 0.4) is 0 Å². The molecule has 0 aliphatic carbocycles. The van der Waals surface area contributed by atoms with Crippen molar-refractivity contribution in [2.24, 2.45) is 0 Å². The standard InChI is InChI=1S/C15H13F3O/c1-2-15(19,10-4-3-5-12(16)6-10)11-7-13(17)9-14(18)8-11/h3-9,19H,2H2,1H3. The first-order valence-electron chi connectivity index (χ1n) is 5.90. The largest absolute Gasteiger partial charge is 0.380 e. The van der Waals surface area contributed by atoms with Gasteiger partial charge in [-0.25, -0.2) is 13.2 Å². The average Bonchev–Trinajstić information content (AvgIpc) is 2.36. The minimum atomic E-state index is -1.62. The van der Waals surface area contributed by atoms with Gasteiger partial charge in [0.2, 0.25) is 0 Å². The van der Waals surface area contributed by atoms with Crippen LogP contribution in [0.4, 0.5) is 13.2 Å². The van der Waals surface area contributed by atoms with E-state index in [0.717, 1.165) is 24.3 Å². The highest BCUT2D eigenvalue weighted by molar-refractivity contribution is 5.36. The van der Waals surface area contributed by atoms with E-state index >= 15 is 0 Å². The van der Waals surface area contributed by atoms with E-state index in [1.165, 1.54) is 18.2 Å². The second kappa shape index (κ2) is 5.05. The Bertz CT molecular complexity index is 577. The van der Waals surface area contributed by atoms with Crippen LogP contribution in [0.2, 0.25) is 0 Å². The van der Waals surface area contributed by atoms with Crippen molar-refractivity contribution in [3.05, 3.63) is 71.0 Å². The van der Waals surface area contributed by atoms with Gasteiger partial charge in [-0.05, 0) is 41.8 Å². The molecule has 0 radical (unpaired) electrons. The third-order valence-corrected chi connectivity index (χ3v) is 3.15. The molecule has 100 valence electrons. The van der Waals surface area contributed by atoms with Crippen molar-refractivity contribution >= 4 is 0 Å². The van der Waals surface area contributed by atoms with E-state index in [9.17, 15) is 18.3 Å². The van der Waals surface area contributed by atoms with Crippen molar-refractivity contribution in [1.82, 2.24) is 0 Å². The Hall–Kier alpha value is -1.81. The quantitative estimate of drug-likeness (QED) is 0.897. The third kappa shape index (κ3) is 2.63. The maximum Gasteiger partial charge on any atom is 0.126 e. The normalized spacial score (nSPS) is 14.2. The monoisotopic (exact) mass is 266 g/mol. The molecule has 0 aromatic heterocycles. The summed E-state index contributed by atoms with van der Waals surface area (Å²) >= 11 is 0. The minimum absolute atomic E-state index is 0.0677. The number of hydrogen-bond donors (Lipinski definition) is 1. The lowest BCUT2D eigenvalue weighted by atomic mass is 9.84. The summed E-state index contributed by atoms with van der Waals surface area (Å²) in [4.78, 5) is 0. The van der Waals surface area contributed by atoms with E-state index in [2.05, 4.69) is 0 Å². The predicted molar refractivity (Wildman–Crippen MR) is 66.0 cm³/mol. The van der Waals surface area contributed by atoms with Gasteiger partial charge in [-0.3, -0.25) is 0 Å². The zero-order chi connectivity index (χ0) is 14.0. The van der Waals surface area contributed by atoms with Crippen LogP contribution in [0.1, 0.15) is 24.5 Å². The summed E-state index contributed by atoms with van der Waals surface area (Å²) in [5, 5.41) is 10.6. The Morgan fingerprint density at radius 3 is 2.00 bits per heavy atom. The molecule has 1 nitrogen and oxygen atoms in total. The van der Waals surface area contributed by atoms with E-state index in [1.807, 2.05) is 0 Å². The fourth-order valence-corrected chi connectivity index (χ4v) is 2.11. The molecule has 19 heavy (non-hydrogen) atoms. The van der Waals surface area contributed by atoms with Gasteiger partial charge in [0.25, 0.3) is 0 Å². The third-order valence-electron chi connectivity index (χ3n) is 3.15.